The lowest BCUT2D eigenvalue weighted by atomic mass is 9.87. The molecule has 2 atom stereocenters. The summed E-state index contributed by atoms with van der Waals surface area (Å²) < 4.78 is 11.1. The van der Waals surface area contributed by atoms with Crippen LogP contribution in [0.4, 0.5) is 0 Å². The summed E-state index contributed by atoms with van der Waals surface area (Å²) in [5.74, 6) is 1.88. The van der Waals surface area contributed by atoms with Crippen molar-refractivity contribution in [1.82, 2.24) is 10.2 Å². The van der Waals surface area contributed by atoms with Crippen LogP contribution >= 0.6 is 0 Å². The Labute approximate surface area is 179 Å². The SMILES string of the molecule is COc1cc2c(cc1OC)[C@H]([C@@H](C)NC(=O)C1CC1)N(Cc1ccc(C)cc1)CC2. The summed E-state index contributed by atoms with van der Waals surface area (Å²) in [4.78, 5) is 15.0. The molecule has 5 heteroatoms. The zero-order valence-electron chi connectivity index (χ0n) is 18.4. The molecular weight excluding hydrogens is 376 g/mol. The van der Waals surface area contributed by atoms with E-state index in [1.165, 1.54) is 22.3 Å². The fourth-order valence-corrected chi connectivity index (χ4v) is 4.49. The number of fused-ring (bicyclic) bond motifs is 1. The number of carbonyl (C=O) groups excluding carboxylic acids is 1. The van der Waals surface area contributed by atoms with Crippen molar-refractivity contribution in [2.45, 2.75) is 51.7 Å². The summed E-state index contributed by atoms with van der Waals surface area (Å²) in [5.41, 5.74) is 5.04. The average molecular weight is 409 g/mol. The highest BCUT2D eigenvalue weighted by Crippen LogP contribution is 2.40. The number of rotatable bonds is 7. The number of nitrogens with one attached hydrogen (secondary N) is 1. The van der Waals surface area contributed by atoms with Gasteiger partial charge in [-0.1, -0.05) is 29.8 Å². The first kappa shape index (κ1) is 20.7. The van der Waals surface area contributed by atoms with Gasteiger partial charge in [0.15, 0.2) is 11.5 Å². The molecule has 30 heavy (non-hydrogen) atoms. The summed E-state index contributed by atoms with van der Waals surface area (Å²) in [6, 6.07) is 13.0. The fourth-order valence-electron chi connectivity index (χ4n) is 4.49. The quantitative estimate of drug-likeness (QED) is 0.752. The number of nitrogens with zero attached hydrogens (tertiary/aromatic N) is 1. The van der Waals surface area contributed by atoms with Crippen LogP contribution in [0.5, 0.6) is 11.5 Å². The van der Waals surface area contributed by atoms with Crippen molar-refractivity contribution in [1.29, 1.82) is 0 Å². The molecule has 1 fully saturated rings. The van der Waals surface area contributed by atoms with Crippen LogP contribution < -0.4 is 14.8 Å². The van der Waals surface area contributed by atoms with Crippen molar-refractivity contribution in [2.75, 3.05) is 20.8 Å². The molecule has 0 bridgehead atoms. The van der Waals surface area contributed by atoms with Gasteiger partial charge in [0.2, 0.25) is 5.91 Å². The molecule has 0 unspecified atom stereocenters. The third-order valence-corrected chi connectivity index (χ3v) is 6.32. The monoisotopic (exact) mass is 408 g/mol. The molecule has 0 spiro atoms. The van der Waals surface area contributed by atoms with Gasteiger partial charge in [-0.25, -0.2) is 0 Å². The maximum Gasteiger partial charge on any atom is 0.223 e. The van der Waals surface area contributed by atoms with E-state index in [2.05, 4.69) is 60.5 Å². The van der Waals surface area contributed by atoms with E-state index in [9.17, 15) is 4.79 Å². The molecule has 1 N–H and O–H groups in total. The molecule has 1 aliphatic carbocycles. The van der Waals surface area contributed by atoms with E-state index in [0.717, 1.165) is 43.9 Å². The van der Waals surface area contributed by atoms with Crippen molar-refractivity contribution >= 4 is 5.91 Å². The Kier molecular flexibility index (Phi) is 6.00. The van der Waals surface area contributed by atoms with Gasteiger partial charge < -0.3 is 14.8 Å². The van der Waals surface area contributed by atoms with Gasteiger partial charge >= 0.3 is 0 Å². The topological polar surface area (TPSA) is 50.8 Å². The second-order valence-corrected chi connectivity index (χ2v) is 8.63. The zero-order valence-corrected chi connectivity index (χ0v) is 18.4. The standard InChI is InChI=1S/C25H32N2O3/c1-16-5-7-18(8-6-16)15-27-12-11-20-13-22(29-3)23(30-4)14-21(20)24(27)17(2)26-25(28)19-9-10-19/h5-8,13-14,17,19,24H,9-12,15H2,1-4H3,(H,26,28)/t17-,24+/m1/s1. The van der Waals surface area contributed by atoms with Gasteiger partial charge in [-0.2, -0.15) is 0 Å². The molecule has 2 aromatic rings. The van der Waals surface area contributed by atoms with Gasteiger partial charge in [-0.05, 0) is 61.9 Å². The molecule has 4 rings (SSSR count). The molecular formula is C25H32N2O3. The van der Waals surface area contributed by atoms with Gasteiger partial charge in [0.1, 0.15) is 0 Å². The summed E-state index contributed by atoms with van der Waals surface area (Å²) >= 11 is 0. The van der Waals surface area contributed by atoms with Gasteiger partial charge in [0.05, 0.1) is 20.3 Å². The van der Waals surface area contributed by atoms with E-state index in [4.69, 9.17) is 9.47 Å². The molecule has 0 radical (unpaired) electrons. The fraction of sp³-hybridized carbons (Fsp3) is 0.480. The Bertz CT molecular complexity index is 905. The van der Waals surface area contributed by atoms with Gasteiger partial charge in [0.25, 0.3) is 0 Å². The Morgan fingerprint density at radius 3 is 2.43 bits per heavy atom. The number of amides is 1. The lowest BCUT2D eigenvalue weighted by Gasteiger charge is -2.41. The van der Waals surface area contributed by atoms with Gasteiger partial charge in [-0.3, -0.25) is 9.69 Å². The average Bonchev–Trinajstić information content (AvgIpc) is 3.59. The lowest BCUT2D eigenvalue weighted by molar-refractivity contribution is -0.123. The second-order valence-electron chi connectivity index (χ2n) is 8.63. The molecule has 1 amide bonds. The van der Waals surface area contributed by atoms with Gasteiger partial charge in [-0.15, -0.1) is 0 Å². The molecule has 0 aromatic heterocycles. The lowest BCUT2D eigenvalue weighted by Crippen LogP contribution is -2.47. The van der Waals surface area contributed by atoms with Crippen molar-refractivity contribution in [3.05, 3.63) is 58.7 Å². The van der Waals surface area contributed by atoms with E-state index in [1.807, 2.05) is 0 Å². The first-order valence-electron chi connectivity index (χ1n) is 10.8. The number of methoxy groups -OCH3 is 2. The molecule has 2 aliphatic rings. The summed E-state index contributed by atoms with van der Waals surface area (Å²) in [6.07, 6.45) is 2.97. The number of carbonyl (C=O) groups is 1. The highest BCUT2D eigenvalue weighted by Gasteiger charge is 2.36. The maximum absolute atomic E-state index is 12.5. The summed E-state index contributed by atoms with van der Waals surface area (Å²) in [5, 5.41) is 3.29. The van der Waals surface area contributed by atoms with Crippen LogP contribution in [0, 0.1) is 12.8 Å². The van der Waals surface area contributed by atoms with Crippen LogP contribution in [0.15, 0.2) is 36.4 Å². The van der Waals surface area contributed by atoms with E-state index >= 15 is 0 Å². The molecule has 5 nitrogen and oxygen atoms in total. The Morgan fingerprint density at radius 2 is 1.80 bits per heavy atom. The Hall–Kier alpha value is -2.53. The Morgan fingerprint density at radius 1 is 1.13 bits per heavy atom. The molecule has 2 aromatic carbocycles. The van der Waals surface area contributed by atoms with Crippen molar-refractivity contribution < 1.29 is 14.3 Å². The zero-order chi connectivity index (χ0) is 21.3. The Balaban J connectivity index is 1.67. The minimum Gasteiger partial charge on any atom is -0.493 e. The van der Waals surface area contributed by atoms with E-state index < -0.39 is 0 Å². The number of hydrogen-bond donors (Lipinski definition) is 1. The number of ether oxygens (including phenoxy) is 2. The van der Waals surface area contributed by atoms with Crippen molar-refractivity contribution in [3.63, 3.8) is 0 Å². The van der Waals surface area contributed by atoms with E-state index in [0.29, 0.717) is 0 Å². The first-order valence-corrected chi connectivity index (χ1v) is 10.8. The third kappa shape index (κ3) is 4.31. The maximum atomic E-state index is 12.5. The number of hydrogen-bond acceptors (Lipinski definition) is 4. The van der Waals surface area contributed by atoms with Crippen LogP contribution in [-0.4, -0.2) is 37.6 Å². The first-order chi connectivity index (χ1) is 14.5. The molecule has 1 heterocycles. The third-order valence-electron chi connectivity index (χ3n) is 6.32. The van der Waals surface area contributed by atoms with Crippen molar-refractivity contribution in [2.24, 2.45) is 5.92 Å². The molecule has 160 valence electrons. The van der Waals surface area contributed by atoms with E-state index in [-0.39, 0.29) is 23.9 Å². The number of benzene rings is 2. The minimum atomic E-state index is 0.000648. The van der Waals surface area contributed by atoms with Crippen LogP contribution in [0.25, 0.3) is 0 Å². The van der Waals surface area contributed by atoms with Crippen LogP contribution in [0.1, 0.15) is 48.1 Å². The van der Waals surface area contributed by atoms with Crippen molar-refractivity contribution in [3.8, 4) is 11.5 Å². The molecule has 0 saturated heterocycles. The molecule has 1 aliphatic heterocycles. The molecule has 1 saturated carbocycles. The predicted octanol–water partition coefficient (Wildman–Crippen LogP) is 4.03. The van der Waals surface area contributed by atoms with Crippen LogP contribution in [0.3, 0.4) is 0 Å². The minimum absolute atomic E-state index is 0.000648. The highest BCUT2D eigenvalue weighted by molar-refractivity contribution is 5.81. The predicted molar refractivity (Wildman–Crippen MR) is 118 cm³/mol. The van der Waals surface area contributed by atoms with E-state index in [1.54, 1.807) is 14.2 Å². The summed E-state index contributed by atoms with van der Waals surface area (Å²) in [6.45, 7) is 6.02. The van der Waals surface area contributed by atoms with Crippen LogP contribution in [-0.2, 0) is 17.8 Å². The van der Waals surface area contributed by atoms with Gasteiger partial charge in [0, 0.05) is 25.0 Å². The largest absolute Gasteiger partial charge is 0.493 e. The normalized spacial score (nSPS) is 19.7. The highest BCUT2D eigenvalue weighted by atomic mass is 16.5. The summed E-state index contributed by atoms with van der Waals surface area (Å²) in [7, 11) is 3.34. The second kappa shape index (κ2) is 8.68. The number of aryl methyl sites for hydroxylation is 1. The van der Waals surface area contributed by atoms with Crippen LogP contribution in [0.2, 0.25) is 0 Å². The smallest absolute Gasteiger partial charge is 0.223 e.